The fourth-order valence-corrected chi connectivity index (χ4v) is 5.77. The molecule has 3 unspecified atom stereocenters. The highest BCUT2D eigenvalue weighted by Gasteiger charge is 2.26. The molecule has 1 aromatic rings. The number of rotatable bonds is 8. The van der Waals surface area contributed by atoms with Gasteiger partial charge in [0.1, 0.15) is 0 Å². The number of carbonyl (C=O) groups excluding carboxylic acids is 1. The zero-order valence-electron chi connectivity index (χ0n) is 18.4. The molecule has 2 aliphatic rings. The van der Waals surface area contributed by atoms with E-state index in [1.54, 1.807) is 0 Å². The van der Waals surface area contributed by atoms with E-state index in [0.717, 1.165) is 69.0 Å². The van der Waals surface area contributed by atoms with Crippen molar-refractivity contribution in [2.75, 3.05) is 30.3 Å². The number of fused-ring (bicyclic) bond motifs is 1. The molecule has 1 saturated carbocycles. The van der Waals surface area contributed by atoms with E-state index < -0.39 is 10.8 Å². The molecule has 3 atom stereocenters. The predicted octanol–water partition coefficient (Wildman–Crippen LogP) is 2.99. The summed E-state index contributed by atoms with van der Waals surface area (Å²) in [5, 5.41) is 7.14. The summed E-state index contributed by atoms with van der Waals surface area (Å²) in [6.45, 7) is 6.26. The average molecular weight is 433 g/mol. The standard InChI is InChI=1S/C23H36N4O2S/c1-3-24-23(26-19-10-7-11-20(17-19)30(29)4-2)25-15-8-13-22(28)27-16-14-18-9-5-6-12-21(18)27/h5-6,9,12,19-20H,3-4,7-8,10-11,13-17H2,1-2H3,(H2,24,25,26). The molecule has 166 valence electrons. The third kappa shape index (κ3) is 6.06. The van der Waals surface area contributed by atoms with Crippen molar-refractivity contribution in [3.63, 3.8) is 0 Å². The van der Waals surface area contributed by atoms with Gasteiger partial charge in [0.25, 0.3) is 0 Å². The highest BCUT2D eigenvalue weighted by atomic mass is 32.2. The van der Waals surface area contributed by atoms with Gasteiger partial charge in [0.05, 0.1) is 0 Å². The van der Waals surface area contributed by atoms with Crippen molar-refractivity contribution in [2.24, 2.45) is 4.99 Å². The predicted molar refractivity (Wildman–Crippen MR) is 126 cm³/mol. The highest BCUT2D eigenvalue weighted by Crippen LogP contribution is 2.28. The van der Waals surface area contributed by atoms with Gasteiger partial charge in [-0.3, -0.25) is 14.0 Å². The summed E-state index contributed by atoms with van der Waals surface area (Å²) < 4.78 is 12.2. The van der Waals surface area contributed by atoms with Gasteiger partial charge in [-0.15, -0.1) is 0 Å². The van der Waals surface area contributed by atoms with E-state index in [9.17, 15) is 9.00 Å². The number of anilines is 1. The van der Waals surface area contributed by atoms with Crippen molar-refractivity contribution < 1.29 is 9.00 Å². The van der Waals surface area contributed by atoms with Gasteiger partial charge in [0.15, 0.2) is 5.96 Å². The fourth-order valence-electron chi connectivity index (χ4n) is 4.42. The second-order valence-corrected chi connectivity index (χ2v) is 10.1. The van der Waals surface area contributed by atoms with Gasteiger partial charge < -0.3 is 15.5 Å². The molecule has 30 heavy (non-hydrogen) atoms. The molecule has 6 nitrogen and oxygen atoms in total. The lowest BCUT2D eigenvalue weighted by atomic mass is 9.95. The quantitative estimate of drug-likeness (QED) is 0.376. The molecule has 0 radical (unpaired) electrons. The lowest BCUT2D eigenvalue weighted by molar-refractivity contribution is -0.118. The van der Waals surface area contributed by atoms with E-state index in [1.807, 2.05) is 30.0 Å². The van der Waals surface area contributed by atoms with E-state index in [0.29, 0.717) is 24.3 Å². The molecule has 0 bridgehead atoms. The smallest absolute Gasteiger partial charge is 0.227 e. The zero-order valence-corrected chi connectivity index (χ0v) is 19.2. The maximum atomic E-state index is 12.6. The normalized spacial score (nSPS) is 22.5. The number of aliphatic imine (C=N–C) groups is 1. The molecule has 0 spiro atoms. The van der Waals surface area contributed by atoms with Crippen molar-refractivity contribution in [1.29, 1.82) is 0 Å². The molecule has 1 aliphatic carbocycles. The number of nitrogens with zero attached hydrogens (tertiary/aromatic N) is 2. The van der Waals surface area contributed by atoms with Gasteiger partial charge in [-0.1, -0.05) is 31.5 Å². The van der Waals surface area contributed by atoms with Crippen LogP contribution < -0.4 is 15.5 Å². The molecular weight excluding hydrogens is 396 g/mol. The minimum atomic E-state index is -0.724. The first kappa shape index (κ1) is 22.8. The van der Waals surface area contributed by atoms with Gasteiger partial charge in [-0.25, -0.2) is 0 Å². The fraction of sp³-hybridized carbons (Fsp3) is 0.652. The summed E-state index contributed by atoms with van der Waals surface area (Å²) >= 11 is 0. The van der Waals surface area contributed by atoms with Crippen LogP contribution >= 0.6 is 0 Å². The van der Waals surface area contributed by atoms with Crippen LogP contribution in [0.25, 0.3) is 0 Å². The summed E-state index contributed by atoms with van der Waals surface area (Å²) in [6, 6.07) is 8.49. The summed E-state index contributed by atoms with van der Waals surface area (Å²) in [5.74, 6) is 1.73. The molecule has 3 rings (SSSR count). The summed E-state index contributed by atoms with van der Waals surface area (Å²) in [4.78, 5) is 19.2. The second-order valence-electron chi connectivity index (χ2n) is 8.09. The molecular formula is C23H36N4O2S. The molecule has 1 amide bonds. The van der Waals surface area contributed by atoms with Crippen LogP contribution in [0.4, 0.5) is 5.69 Å². The van der Waals surface area contributed by atoms with Crippen molar-refractivity contribution in [3.8, 4) is 0 Å². The monoisotopic (exact) mass is 432 g/mol. The Morgan fingerprint density at radius 2 is 2.10 bits per heavy atom. The largest absolute Gasteiger partial charge is 0.357 e. The third-order valence-electron chi connectivity index (χ3n) is 5.97. The lowest BCUT2D eigenvalue weighted by Crippen LogP contribution is -2.46. The minimum absolute atomic E-state index is 0.185. The number of amides is 1. The van der Waals surface area contributed by atoms with E-state index in [2.05, 4.69) is 28.6 Å². The Morgan fingerprint density at radius 3 is 2.90 bits per heavy atom. The summed E-state index contributed by atoms with van der Waals surface area (Å²) in [6.07, 6.45) is 6.40. The molecule has 1 heterocycles. The Morgan fingerprint density at radius 1 is 1.27 bits per heavy atom. The first-order chi connectivity index (χ1) is 14.6. The minimum Gasteiger partial charge on any atom is -0.357 e. The first-order valence-electron chi connectivity index (χ1n) is 11.4. The van der Waals surface area contributed by atoms with E-state index in [4.69, 9.17) is 0 Å². The van der Waals surface area contributed by atoms with E-state index in [-0.39, 0.29) is 5.91 Å². The van der Waals surface area contributed by atoms with Crippen molar-refractivity contribution in [1.82, 2.24) is 10.6 Å². The number of para-hydroxylation sites is 1. The molecule has 1 fully saturated rings. The molecule has 1 aromatic carbocycles. The van der Waals surface area contributed by atoms with Crippen molar-refractivity contribution >= 4 is 28.4 Å². The second kappa shape index (κ2) is 11.5. The topological polar surface area (TPSA) is 73.8 Å². The Bertz CT molecular complexity index is 767. The zero-order chi connectivity index (χ0) is 21.3. The number of carbonyl (C=O) groups is 1. The van der Waals surface area contributed by atoms with Gasteiger partial charge in [-0.2, -0.15) is 0 Å². The van der Waals surface area contributed by atoms with Crippen LogP contribution in [0.1, 0.15) is 57.9 Å². The summed E-state index contributed by atoms with van der Waals surface area (Å²) in [5.41, 5.74) is 2.33. The molecule has 7 heteroatoms. The molecule has 1 aliphatic heterocycles. The first-order valence-corrected chi connectivity index (χ1v) is 12.8. The van der Waals surface area contributed by atoms with Crippen LogP contribution in [0.3, 0.4) is 0 Å². The van der Waals surface area contributed by atoms with Crippen molar-refractivity contribution in [3.05, 3.63) is 29.8 Å². The Hall–Kier alpha value is -1.89. The van der Waals surface area contributed by atoms with Crippen LogP contribution in [-0.2, 0) is 22.0 Å². The van der Waals surface area contributed by atoms with Crippen LogP contribution in [-0.4, -0.2) is 52.8 Å². The van der Waals surface area contributed by atoms with Crippen LogP contribution in [0.15, 0.2) is 29.3 Å². The number of hydrogen-bond acceptors (Lipinski definition) is 3. The number of nitrogens with one attached hydrogen (secondary N) is 2. The van der Waals surface area contributed by atoms with Crippen LogP contribution in [0, 0.1) is 0 Å². The van der Waals surface area contributed by atoms with Gasteiger partial charge in [-0.05, 0) is 50.7 Å². The van der Waals surface area contributed by atoms with Gasteiger partial charge in [0.2, 0.25) is 5.91 Å². The average Bonchev–Trinajstić information content (AvgIpc) is 3.20. The van der Waals surface area contributed by atoms with E-state index >= 15 is 0 Å². The molecule has 0 aromatic heterocycles. The number of benzene rings is 1. The van der Waals surface area contributed by atoms with Crippen LogP contribution in [0.2, 0.25) is 0 Å². The Kier molecular flexibility index (Phi) is 8.73. The van der Waals surface area contributed by atoms with Gasteiger partial charge in [0, 0.05) is 59.6 Å². The molecule has 2 N–H and O–H groups in total. The Balaban J connectivity index is 1.47. The SMILES string of the molecule is CCNC(=NCCCC(=O)N1CCc2ccccc21)NC1CCCC(S(=O)CC)C1. The number of guanidine groups is 1. The number of hydrogen-bond donors (Lipinski definition) is 2. The van der Waals surface area contributed by atoms with E-state index in [1.165, 1.54) is 5.56 Å². The maximum Gasteiger partial charge on any atom is 0.227 e. The summed E-state index contributed by atoms with van der Waals surface area (Å²) in [7, 11) is -0.724. The van der Waals surface area contributed by atoms with Crippen LogP contribution in [0.5, 0.6) is 0 Å². The van der Waals surface area contributed by atoms with Gasteiger partial charge >= 0.3 is 0 Å². The molecule has 0 saturated heterocycles. The van der Waals surface area contributed by atoms with Crippen molar-refractivity contribution in [2.45, 2.75) is 70.1 Å². The third-order valence-corrected chi connectivity index (χ3v) is 7.72. The Labute approximate surface area is 183 Å². The lowest BCUT2D eigenvalue weighted by Gasteiger charge is -2.30. The maximum absolute atomic E-state index is 12.6. The highest BCUT2D eigenvalue weighted by molar-refractivity contribution is 7.85.